The van der Waals surface area contributed by atoms with E-state index < -0.39 is 16.1 Å². The van der Waals surface area contributed by atoms with Gasteiger partial charge in [-0.25, -0.2) is 8.42 Å². The maximum atomic E-state index is 13.5. The lowest BCUT2D eigenvalue weighted by atomic mass is 10.1. The number of rotatable bonds is 14. The summed E-state index contributed by atoms with van der Waals surface area (Å²) in [7, 11) is -3.54. The van der Waals surface area contributed by atoms with E-state index in [1.54, 1.807) is 17.0 Å². The van der Waals surface area contributed by atoms with Crippen LogP contribution >= 0.6 is 11.6 Å². The van der Waals surface area contributed by atoms with Crippen LogP contribution in [-0.4, -0.2) is 50.5 Å². The minimum Gasteiger partial charge on any atom is -0.354 e. The van der Waals surface area contributed by atoms with Crippen molar-refractivity contribution in [3.63, 3.8) is 0 Å². The van der Waals surface area contributed by atoms with Crippen LogP contribution in [0.5, 0.6) is 0 Å². The molecule has 0 aromatic heterocycles. The topological polar surface area (TPSA) is 86.8 Å². The van der Waals surface area contributed by atoms with Gasteiger partial charge in [0.25, 0.3) is 0 Å². The van der Waals surface area contributed by atoms with E-state index in [0.29, 0.717) is 30.1 Å². The van der Waals surface area contributed by atoms with Crippen molar-refractivity contribution in [1.29, 1.82) is 0 Å². The molecule has 0 saturated carbocycles. The molecule has 0 bridgehead atoms. The number of nitrogens with one attached hydrogen (secondary N) is 1. The van der Waals surface area contributed by atoms with Crippen molar-refractivity contribution in [2.75, 3.05) is 23.7 Å². The average molecular weight is 550 g/mol. The predicted molar refractivity (Wildman–Crippen MR) is 151 cm³/mol. The molecule has 0 saturated heterocycles. The summed E-state index contributed by atoms with van der Waals surface area (Å²) in [6, 6.07) is 12.3. The highest BCUT2D eigenvalue weighted by molar-refractivity contribution is 7.92. The first-order valence-corrected chi connectivity index (χ1v) is 15.1. The van der Waals surface area contributed by atoms with Crippen molar-refractivity contribution in [2.45, 2.75) is 72.4 Å². The minimum atomic E-state index is -3.54. The molecule has 9 heteroatoms. The van der Waals surface area contributed by atoms with E-state index in [4.69, 9.17) is 11.6 Å². The van der Waals surface area contributed by atoms with Crippen LogP contribution in [0.25, 0.3) is 0 Å². The highest BCUT2D eigenvalue weighted by atomic mass is 35.5. The molecule has 0 aliphatic heterocycles. The molecule has 37 heavy (non-hydrogen) atoms. The molecule has 2 rings (SSSR count). The summed E-state index contributed by atoms with van der Waals surface area (Å²) in [6.07, 6.45) is 3.91. The summed E-state index contributed by atoms with van der Waals surface area (Å²) in [4.78, 5) is 28.1. The largest absolute Gasteiger partial charge is 0.354 e. The fourth-order valence-corrected chi connectivity index (χ4v) is 5.32. The Morgan fingerprint density at radius 1 is 1.03 bits per heavy atom. The number of carbonyl (C=O) groups is 2. The third-order valence-electron chi connectivity index (χ3n) is 6.27. The Hall–Kier alpha value is -2.58. The zero-order valence-corrected chi connectivity index (χ0v) is 24.2. The Bertz CT molecular complexity index is 1150. The lowest BCUT2D eigenvalue weighted by molar-refractivity contribution is -0.141. The van der Waals surface area contributed by atoms with Crippen LogP contribution in [0.2, 0.25) is 5.02 Å². The number of unbranched alkanes of at least 4 members (excludes halogenated alkanes) is 1. The highest BCUT2D eigenvalue weighted by Crippen LogP contribution is 2.25. The SMILES string of the molecule is CCCCNC(=O)[C@H](CC)N(Cc1ccc(Cl)cc1)C(=O)CCCN(c1cc(C)ccc1C)S(C)(=O)=O. The Labute approximate surface area is 227 Å². The lowest BCUT2D eigenvalue weighted by Crippen LogP contribution is -2.49. The quantitative estimate of drug-likeness (QED) is 0.327. The molecule has 0 unspecified atom stereocenters. The second-order valence-corrected chi connectivity index (χ2v) is 11.8. The molecular weight excluding hydrogens is 510 g/mol. The Balaban J connectivity index is 2.22. The number of aryl methyl sites for hydroxylation is 2. The number of anilines is 1. The van der Waals surface area contributed by atoms with Crippen molar-refractivity contribution >= 4 is 39.1 Å². The van der Waals surface area contributed by atoms with E-state index in [0.717, 1.165) is 29.5 Å². The van der Waals surface area contributed by atoms with Crippen LogP contribution in [-0.2, 0) is 26.2 Å². The van der Waals surface area contributed by atoms with Gasteiger partial charge in [-0.05, 0) is 68.0 Å². The number of hydrogen-bond acceptors (Lipinski definition) is 4. The summed E-state index contributed by atoms with van der Waals surface area (Å²) in [5.74, 6) is -0.367. The van der Waals surface area contributed by atoms with Gasteiger partial charge in [-0.3, -0.25) is 13.9 Å². The van der Waals surface area contributed by atoms with Gasteiger partial charge < -0.3 is 10.2 Å². The van der Waals surface area contributed by atoms with Gasteiger partial charge in [0, 0.05) is 31.1 Å². The minimum absolute atomic E-state index is 0.114. The van der Waals surface area contributed by atoms with Crippen LogP contribution in [0, 0.1) is 13.8 Å². The van der Waals surface area contributed by atoms with Crippen molar-refractivity contribution < 1.29 is 18.0 Å². The van der Waals surface area contributed by atoms with Gasteiger partial charge in [-0.2, -0.15) is 0 Å². The van der Waals surface area contributed by atoms with Gasteiger partial charge in [-0.15, -0.1) is 0 Å². The molecule has 204 valence electrons. The summed E-state index contributed by atoms with van der Waals surface area (Å²) >= 11 is 6.03. The lowest BCUT2D eigenvalue weighted by Gasteiger charge is -2.31. The number of benzene rings is 2. The van der Waals surface area contributed by atoms with Gasteiger partial charge in [0.2, 0.25) is 21.8 Å². The number of hydrogen-bond donors (Lipinski definition) is 1. The van der Waals surface area contributed by atoms with E-state index in [9.17, 15) is 18.0 Å². The van der Waals surface area contributed by atoms with Gasteiger partial charge in [0.1, 0.15) is 6.04 Å². The van der Waals surface area contributed by atoms with Crippen molar-refractivity contribution in [1.82, 2.24) is 10.2 Å². The molecular formula is C28H40ClN3O4S. The Morgan fingerprint density at radius 2 is 1.70 bits per heavy atom. The zero-order chi connectivity index (χ0) is 27.6. The number of sulfonamides is 1. The highest BCUT2D eigenvalue weighted by Gasteiger charge is 2.29. The smallest absolute Gasteiger partial charge is 0.242 e. The van der Waals surface area contributed by atoms with Crippen LogP contribution in [0.1, 0.15) is 62.6 Å². The molecule has 0 fully saturated rings. The molecule has 1 N–H and O–H groups in total. The average Bonchev–Trinajstić information content (AvgIpc) is 2.84. The first-order chi connectivity index (χ1) is 17.5. The summed E-state index contributed by atoms with van der Waals surface area (Å²) < 4.78 is 26.6. The van der Waals surface area contributed by atoms with Crippen molar-refractivity contribution in [3.05, 3.63) is 64.2 Å². The first kappa shape index (κ1) is 30.6. The monoisotopic (exact) mass is 549 g/mol. The van der Waals surface area contributed by atoms with Gasteiger partial charge in [0.05, 0.1) is 11.9 Å². The summed E-state index contributed by atoms with van der Waals surface area (Å²) in [6.45, 7) is 8.72. The Kier molecular flexibility index (Phi) is 11.9. The van der Waals surface area contributed by atoms with Crippen molar-refractivity contribution in [3.8, 4) is 0 Å². The number of halogens is 1. The molecule has 0 radical (unpaired) electrons. The first-order valence-electron chi connectivity index (χ1n) is 12.8. The molecule has 7 nitrogen and oxygen atoms in total. The second-order valence-electron chi connectivity index (χ2n) is 9.45. The van der Waals surface area contributed by atoms with E-state index in [-0.39, 0.29) is 31.3 Å². The van der Waals surface area contributed by atoms with Crippen LogP contribution in [0.4, 0.5) is 5.69 Å². The van der Waals surface area contributed by atoms with Crippen LogP contribution in [0.3, 0.4) is 0 Å². The summed E-state index contributed by atoms with van der Waals surface area (Å²) in [5, 5.41) is 3.55. The van der Waals surface area contributed by atoms with E-state index in [1.165, 1.54) is 10.6 Å². The maximum Gasteiger partial charge on any atom is 0.242 e. The molecule has 2 aromatic rings. The zero-order valence-electron chi connectivity index (χ0n) is 22.6. The molecule has 2 aromatic carbocycles. The van der Waals surface area contributed by atoms with Crippen LogP contribution < -0.4 is 9.62 Å². The van der Waals surface area contributed by atoms with Crippen LogP contribution in [0.15, 0.2) is 42.5 Å². The van der Waals surface area contributed by atoms with E-state index >= 15 is 0 Å². The molecule has 0 heterocycles. The molecule has 0 aliphatic carbocycles. The fourth-order valence-electron chi connectivity index (χ4n) is 4.18. The van der Waals surface area contributed by atoms with Gasteiger partial charge in [0.15, 0.2) is 0 Å². The number of nitrogens with zero attached hydrogens (tertiary/aromatic N) is 2. The molecule has 0 spiro atoms. The van der Waals surface area contributed by atoms with Crippen molar-refractivity contribution in [2.24, 2.45) is 0 Å². The maximum absolute atomic E-state index is 13.5. The van der Waals surface area contributed by atoms with E-state index in [1.807, 2.05) is 51.1 Å². The summed E-state index contributed by atoms with van der Waals surface area (Å²) in [5.41, 5.74) is 3.29. The Morgan fingerprint density at radius 3 is 2.30 bits per heavy atom. The third-order valence-corrected chi connectivity index (χ3v) is 7.70. The second kappa shape index (κ2) is 14.4. The molecule has 1 atom stereocenters. The molecule has 2 amide bonds. The number of carbonyl (C=O) groups excluding carboxylic acids is 2. The predicted octanol–water partition coefficient (Wildman–Crippen LogP) is 5.23. The van der Waals surface area contributed by atoms with E-state index in [2.05, 4.69) is 12.2 Å². The van der Waals surface area contributed by atoms with Gasteiger partial charge >= 0.3 is 0 Å². The number of amides is 2. The van der Waals surface area contributed by atoms with Gasteiger partial charge in [-0.1, -0.05) is 56.1 Å². The third kappa shape index (κ3) is 9.34. The normalized spacial score (nSPS) is 12.2. The molecule has 0 aliphatic rings. The fraction of sp³-hybridized carbons (Fsp3) is 0.500. The standard InChI is InChI=1S/C28H40ClN3O4S/c1-6-8-17-30-28(34)25(7-2)31(20-23-13-15-24(29)16-14-23)27(33)10-9-18-32(37(5,35)36)26-19-21(3)11-12-22(26)4/h11-16,19,25H,6-10,17-18,20H2,1-5H3,(H,30,34)/t25-/m0/s1.